The third-order valence-electron chi connectivity index (χ3n) is 9.16. The van der Waals surface area contributed by atoms with Crippen molar-refractivity contribution in [3.05, 3.63) is 106 Å². The molecule has 2 N–H and O–H groups in total. The molecule has 3 aromatic rings. The number of benzene rings is 3. The number of nitrogens with zero attached hydrogens (tertiary/aromatic N) is 1. The van der Waals surface area contributed by atoms with E-state index in [2.05, 4.69) is 0 Å². The van der Waals surface area contributed by atoms with Crippen LogP contribution in [0.2, 0.25) is 0 Å². The normalized spacial score (nSPS) is 25.2. The summed E-state index contributed by atoms with van der Waals surface area (Å²) in [5.41, 5.74) is 2.27. The van der Waals surface area contributed by atoms with Crippen molar-refractivity contribution in [1.29, 1.82) is 0 Å². The number of ketones is 2. The number of Topliss-reactive ketones (excluding diaryl/α,β-unsaturated/α-hetero) is 1. The minimum atomic E-state index is -1.18. The Balaban J connectivity index is 1.38. The Kier molecular flexibility index (Phi) is 5.66. The second kappa shape index (κ2) is 9.21. The molecule has 0 aromatic heterocycles. The molecule has 4 aliphatic rings. The number of carboxylic acid groups (broad SMARTS) is 1. The number of allylic oxidation sites excluding steroid dienone is 6. The number of hydrogen-bond acceptors (Lipinski definition) is 6. The number of imide groups is 1. The van der Waals surface area contributed by atoms with Crippen molar-refractivity contribution in [2.24, 2.45) is 17.8 Å². The zero-order valence-corrected chi connectivity index (χ0v) is 22.5. The maximum Gasteiger partial charge on any atom is 0.335 e. The Morgan fingerprint density at radius 1 is 0.929 bits per heavy atom. The second-order valence-electron chi connectivity index (χ2n) is 11.3. The topological polar surface area (TPSA) is 129 Å². The summed E-state index contributed by atoms with van der Waals surface area (Å²) in [7, 11) is 0. The third-order valence-corrected chi connectivity index (χ3v) is 9.16. The molecule has 1 aliphatic heterocycles. The first-order valence-electron chi connectivity index (χ1n) is 13.8. The summed E-state index contributed by atoms with van der Waals surface area (Å²) in [6, 6.07) is 16.7. The van der Waals surface area contributed by atoms with Gasteiger partial charge in [0.1, 0.15) is 5.75 Å². The summed E-state index contributed by atoms with van der Waals surface area (Å²) in [6.45, 7) is 1.60. The van der Waals surface area contributed by atoms with Gasteiger partial charge in [0, 0.05) is 33.6 Å². The first-order valence-corrected chi connectivity index (χ1v) is 13.8. The number of hydrogen-bond donors (Lipinski definition) is 2. The van der Waals surface area contributed by atoms with Crippen LogP contribution in [0.4, 0.5) is 5.69 Å². The molecule has 42 heavy (non-hydrogen) atoms. The lowest BCUT2D eigenvalue weighted by molar-refractivity contribution is -0.123. The van der Waals surface area contributed by atoms with E-state index in [1.807, 2.05) is 30.3 Å². The van der Waals surface area contributed by atoms with Crippen molar-refractivity contribution in [1.82, 2.24) is 0 Å². The van der Waals surface area contributed by atoms with Gasteiger partial charge in [-0.25, -0.2) is 4.79 Å². The Hall–Kier alpha value is -5.11. The van der Waals surface area contributed by atoms with Gasteiger partial charge in [-0.1, -0.05) is 54.1 Å². The number of phenols is 1. The van der Waals surface area contributed by atoms with Gasteiger partial charge in [0.15, 0.2) is 11.6 Å². The first-order chi connectivity index (χ1) is 20.2. The average molecular weight is 560 g/mol. The van der Waals surface area contributed by atoms with Crippen LogP contribution in [0.25, 0.3) is 10.8 Å². The largest absolute Gasteiger partial charge is 0.507 e. The van der Waals surface area contributed by atoms with Gasteiger partial charge in [0.2, 0.25) is 11.8 Å². The van der Waals surface area contributed by atoms with E-state index in [0.717, 1.165) is 15.9 Å². The van der Waals surface area contributed by atoms with Gasteiger partial charge in [0.25, 0.3) is 0 Å². The number of carbonyl (C=O) groups is 5. The predicted molar refractivity (Wildman–Crippen MR) is 153 cm³/mol. The lowest BCUT2D eigenvalue weighted by Crippen LogP contribution is -2.39. The van der Waals surface area contributed by atoms with Gasteiger partial charge in [0.05, 0.1) is 23.1 Å². The van der Waals surface area contributed by atoms with Crippen LogP contribution in [-0.4, -0.2) is 39.6 Å². The fraction of sp³-hybridized carbons (Fsp3) is 0.206. The van der Waals surface area contributed by atoms with Crippen LogP contribution >= 0.6 is 0 Å². The number of fused-ring (bicyclic) bond motifs is 4. The molecule has 3 aliphatic carbocycles. The lowest BCUT2D eigenvalue weighted by atomic mass is 9.59. The quantitative estimate of drug-likeness (QED) is 0.266. The molecule has 7 rings (SSSR count). The molecule has 0 bridgehead atoms. The van der Waals surface area contributed by atoms with Crippen LogP contribution in [0.1, 0.15) is 41.6 Å². The number of aromatic hydroxyl groups is 1. The van der Waals surface area contributed by atoms with Gasteiger partial charge in [-0.2, -0.15) is 0 Å². The number of carbonyl (C=O) groups excluding carboxylic acids is 4. The van der Waals surface area contributed by atoms with E-state index in [4.69, 9.17) is 0 Å². The molecule has 2 amide bonds. The van der Waals surface area contributed by atoms with Crippen LogP contribution in [0.3, 0.4) is 0 Å². The average Bonchev–Trinajstić information content (AvgIpc) is 3.25. The van der Waals surface area contributed by atoms with Gasteiger partial charge < -0.3 is 10.2 Å². The van der Waals surface area contributed by atoms with E-state index in [0.29, 0.717) is 27.7 Å². The third kappa shape index (κ3) is 3.57. The van der Waals surface area contributed by atoms with Crippen LogP contribution < -0.4 is 4.90 Å². The minimum Gasteiger partial charge on any atom is -0.507 e. The Labute approximate surface area is 240 Å². The first kappa shape index (κ1) is 25.8. The zero-order chi connectivity index (χ0) is 29.4. The highest BCUT2D eigenvalue weighted by Crippen LogP contribution is 2.56. The molecule has 4 unspecified atom stereocenters. The number of rotatable bonds is 3. The predicted octanol–water partition coefficient (Wildman–Crippen LogP) is 4.88. The van der Waals surface area contributed by atoms with E-state index in [1.165, 1.54) is 30.3 Å². The standard InChI is InChI=1S/C34H25NO7/c1-16-13-26(36)25-15-24-21(27(29(25)30(16)37)22-10-9-17-5-2-3-8-20(17)31(22)38)11-12-23-28(24)33(40)35(32(23)39)19-7-4-6-18(14-19)34(41)42/h2-11,13-14,23-24,27-28,38H,12,15H2,1H3,(H,41,42). The minimum absolute atomic E-state index is 0.00187. The SMILES string of the molecule is CC1=CC(=O)C2=C(C1=O)C(c1ccc3ccccc3c1O)C1=CCC3C(=O)N(c4cccc(C(=O)O)c4)C(=O)C3C1C2. The van der Waals surface area contributed by atoms with E-state index < -0.39 is 41.5 Å². The highest BCUT2D eigenvalue weighted by atomic mass is 16.4. The van der Waals surface area contributed by atoms with Crippen LogP contribution in [0.15, 0.2) is 95.1 Å². The number of amides is 2. The molecule has 208 valence electrons. The Bertz CT molecular complexity index is 1890. The highest BCUT2D eigenvalue weighted by Gasteiger charge is 2.57. The summed E-state index contributed by atoms with van der Waals surface area (Å²) >= 11 is 0. The summed E-state index contributed by atoms with van der Waals surface area (Å²) in [4.78, 5) is 67.3. The fourth-order valence-electron chi connectivity index (χ4n) is 7.25. The van der Waals surface area contributed by atoms with Gasteiger partial charge >= 0.3 is 5.97 Å². The maximum absolute atomic E-state index is 14.0. The lowest BCUT2D eigenvalue weighted by Gasteiger charge is -2.42. The fourth-order valence-corrected chi connectivity index (χ4v) is 7.25. The van der Waals surface area contributed by atoms with E-state index >= 15 is 0 Å². The van der Waals surface area contributed by atoms with Crippen molar-refractivity contribution >= 4 is 45.8 Å². The van der Waals surface area contributed by atoms with E-state index in [-0.39, 0.29) is 41.4 Å². The molecule has 8 heteroatoms. The molecule has 3 aromatic carbocycles. The molecule has 8 nitrogen and oxygen atoms in total. The number of aromatic carboxylic acids is 1. The number of phenolic OH excluding ortho intramolecular Hbond substituents is 1. The number of anilines is 1. The van der Waals surface area contributed by atoms with Crippen molar-refractivity contribution < 1.29 is 34.2 Å². The molecule has 4 atom stereocenters. The second-order valence-corrected chi connectivity index (χ2v) is 11.3. The summed E-state index contributed by atoms with van der Waals surface area (Å²) in [6.07, 6.45) is 3.56. The van der Waals surface area contributed by atoms with Gasteiger partial charge in [-0.3, -0.25) is 24.1 Å². The molecule has 0 spiro atoms. The summed E-state index contributed by atoms with van der Waals surface area (Å²) < 4.78 is 0. The monoisotopic (exact) mass is 559 g/mol. The molecule has 0 radical (unpaired) electrons. The van der Waals surface area contributed by atoms with Crippen LogP contribution in [-0.2, 0) is 19.2 Å². The molecular formula is C34H25NO7. The number of carboxylic acids is 1. The van der Waals surface area contributed by atoms with Gasteiger partial charge in [-0.05, 0) is 55.3 Å². The van der Waals surface area contributed by atoms with E-state index in [1.54, 1.807) is 19.1 Å². The molecule has 1 fully saturated rings. The summed E-state index contributed by atoms with van der Waals surface area (Å²) in [5, 5.41) is 22.4. The van der Waals surface area contributed by atoms with Crippen LogP contribution in [0.5, 0.6) is 5.75 Å². The van der Waals surface area contributed by atoms with Crippen molar-refractivity contribution in [2.75, 3.05) is 4.90 Å². The smallest absolute Gasteiger partial charge is 0.335 e. The van der Waals surface area contributed by atoms with Gasteiger partial charge in [-0.15, -0.1) is 0 Å². The van der Waals surface area contributed by atoms with Crippen molar-refractivity contribution in [3.8, 4) is 5.75 Å². The van der Waals surface area contributed by atoms with Crippen molar-refractivity contribution in [3.63, 3.8) is 0 Å². The molecular weight excluding hydrogens is 534 g/mol. The van der Waals surface area contributed by atoms with Crippen LogP contribution in [0, 0.1) is 17.8 Å². The van der Waals surface area contributed by atoms with Crippen molar-refractivity contribution in [2.45, 2.75) is 25.7 Å². The maximum atomic E-state index is 14.0. The Morgan fingerprint density at radius 2 is 1.71 bits per heavy atom. The Morgan fingerprint density at radius 3 is 2.50 bits per heavy atom. The highest BCUT2D eigenvalue weighted by molar-refractivity contribution is 6.25. The molecule has 0 saturated carbocycles. The molecule has 1 heterocycles. The molecule has 1 saturated heterocycles. The van der Waals surface area contributed by atoms with E-state index in [9.17, 15) is 34.2 Å². The zero-order valence-electron chi connectivity index (χ0n) is 22.5. The summed E-state index contributed by atoms with van der Waals surface area (Å²) in [5.74, 6) is -5.47.